The van der Waals surface area contributed by atoms with Gasteiger partial charge in [0.15, 0.2) is 0 Å². The average Bonchev–Trinajstić information content (AvgIpc) is 2.60. The van der Waals surface area contributed by atoms with Crippen molar-refractivity contribution in [1.29, 1.82) is 0 Å². The van der Waals surface area contributed by atoms with Gasteiger partial charge in [0.1, 0.15) is 0 Å². The van der Waals surface area contributed by atoms with Crippen LogP contribution in [-0.2, 0) is 11.3 Å². The number of piperidine rings is 1. The SMILES string of the molecule is Cc1cc(C)nc(N2CCCC(C(=O)NCc3cccnc3)C2)n1. The van der Waals surface area contributed by atoms with E-state index in [2.05, 4.69) is 25.2 Å². The molecular weight excluding hydrogens is 302 g/mol. The molecule has 6 heteroatoms. The number of pyridine rings is 1. The van der Waals surface area contributed by atoms with Crippen molar-refractivity contribution in [2.45, 2.75) is 33.2 Å². The van der Waals surface area contributed by atoms with Crippen LogP contribution < -0.4 is 10.2 Å². The van der Waals surface area contributed by atoms with Crippen LogP contribution in [0.2, 0.25) is 0 Å². The molecule has 1 atom stereocenters. The molecule has 0 bridgehead atoms. The highest BCUT2D eigenvalue weighted by Gasteiger charge is 2.27. The van der Waals surface area contributed by atoms with Crippen LogP contribution in [0.4, 0.5) is 5.95 Å². The van der Waals surface area contributed by atoms with Crippen LogP contribution in [0.25, 0.3) is 0 Å². The molecule has 1 unspecified atom stereocenters. The van der Waals surface area contributed by atoms with Gasteiger partial charge in [0.2, 0.25) is 11.9 Å². The first-order valence-corrected chi connectivity index (χ1v) is 8.35. The van der Waals surface area contributed by atoms with Crippen LogP contribution in [0.3, 0.4) is 0 Å². The summed E-state index contributed by atoms with van der Waals surface area (Å²) in [5.74, 6) is 0.796. The Labute approximate surface area is 142 Å². The zero-order valence-corrected chi connectivity index (χ0v) is 14.2. The van der Waals surface area contributed by atoms with E-state index in [1.54, 1.807) is 12.4 Å². The molecule has 3 rings (SSSR count). The summed E-state index contributed by atoms with van der Waals surface area (Å²) >= 11 is 0. The predicted molar refractivity (Wildman–Crippen MR) is 92.5 cm³/mol. The highest BCUT2D eigenvalue weighted by atomic mass is 16.1. The molecule has 0 radical (unpaired) electrons. The number of nitrogens with zero attached hydrogens (tertiary/aromatic N) is 4. The van der Waals surface area contributed by atoms with Crippen molar-refractivity contribution in [2.24, 2.45) is 5.92 Å². The Morgan fingerprint density at radius 3 is 2.83 bits per heavy atom. The van der Waals surface area contributed by atoms with Gasteiger partial charge < -0.3 is 10.2 Å². The van der Waals surface area contributed by atoms with Gasteiger partial charge in [0, 0.05) is 43.4 Å². The van der Waals surface area contributed by atoms with Crippen LogP contribution in [0.5, 0.6) is 0 Å². The fourth-order valence-electron chi connectivity index (χ4n) is 3.06. The largest absolute Gasteiger partial charge is 0.352 e. The molecule has 2 aromatic rings. The first-order chi connectivity index (χ1) is 11.6. The van der Waals surface area contributed by atoms with Crippen LogP contribution in [-0.4, -0.2) is 33.9 Å². The van der Waals surface area contributed by atoms with E-state index in [9.17, 15) is 4.79 Å². The van der Waals surface area contributed by atoms with Gasteiger partial charge in [0.05, 0.1) is 5.92 Å². The monoisotopic (exact) mass is 325 g/mol. The Balaban J connectivity index is 1.61. The Bertz CT molecular complexity index is 684. The maximum absolute atomic E-state index is 12.5. The van der Waals surface area contributed by atoms with Crippen molar-refractivity contribution in [3.05, 3.63) is 47.5 Å². The lowest BCUT2D eigenvalue weighted by atomic mass is 9.97. The van der Waals surface area contributed by atoms with Crippen molar-refractivity contribution < 1.29 is 4.79 Å². The fourth-order valence-corrected chi connectivity index (χ4v) is 3.06. The molecule has 126 valence electrons. The van der Waals surface area contributed by atoms with Gasteiger partial charge in [-0.15, -0.1) is 0 Å². The summed E-state index contributed by atoms with van der Waals surface area (Å²) in [5, 5.41) is 3.02. The lowest BCUT2D eigenvalue weighted by molar-refractivity contribution is -0.125. The zero-order valence-electron chi connectivity index (χ0n) is 14.2. The van der Waals surface area contributed by atoms with Crippen molar-refractivity contribution in [2.75, 3.05) is 18.0 Å². The van der Waals surface area contributed by atoms with E-state index in [1.807, 2.05) is 32.0 Å². The van der Waals surface area contributed by atoms with E-state index in [4.69, 9.17) is 0 Å². The number of carbonyl (C=O) groups excluding carboxylic acids is 1. The molecule has 1 aliphatic heterocycles. The third kappa shape index (κ3) is 4.07. The molecule has 1 saturated heterocycles. The van der Waals surface area contributed by atoms with Crippen LogP contribution >= 0.6 is 0 Å². The van der Waals surface area contributed by atoms with E-state index in [0.29, 0.717) is 13.1 Å². The zero-order chi connectivity index (χ0) is 16.9. The minimum atomic E-state index is -0.0279. The highest BCUT2D eigenvalue weighted by Crippen LogP contribution is 2.21. The number of nitrogens with one attached hydrogen (secondary N) is 1. The lowest BCUT2D eigenvalue weighted by Crippen LogP contribution is -2.43. The summed E-state index contributed by atoms with van der Waals surface area (Å²) in [4.78, 5) is 27.7. The van der Waals surface area contributed by atoms with Crippen molar-refractivity contribution in [3.63, 3.8) is 0 Å². The summed E-state index contributed by atoms with van der Waals surface area (Å²) in [6.07, 6.45) is 5.38. The summed E-state index contributed by atoms with van der Waals surface area (Å²) in [6, 6.07) is 5.80. The Morgan fingerprint density at radius 2 is 2.12 bits per heavy atom. The normalized spacial score (nSPS) is 17.6. The van der Waals surface area contributed by atoms with Gasteiger partial charge in [-0.05, 0) is 44.4 Å². The molecule has 3 heterocycles. The molecule has 24 heavy (non-hydrogen) atoms. The molecule has 1 amide bonds. The van der Waals surface area contributed by atoms with E-state index in [1.165, 1.54) is 0 Å². The molecule has 1 N–H and O–H groups in total. The molecule has 1 aliphatic rings. The molecule has 0 aliphatic carbocycles. The molecule has 2 aromatic heterocycles. The Kier molecular flexibility index (Phi) is 5.03. The first kappa shape index (κ1) is 16.4. The minimum absolute atomic E-state index is 0.0279. The molecule has 6 nitrogen and oxygen atoms in total. The summed E-state index contributed by atoms with van der Waals surface area (Å²) in [6.45, 7) is 6.03. The van der Waals surface area contributed by atoms with Gasteiger partial charge in [-0.25, -0.2) is 9.97 Å². The van der Waals surface area contributed by atoms with Gasteiger partial charge in [0.25, 0.3) is 0 Å². The highest BCUT2D eigenvalue weighted by molar-refractivity contribution is 5.79. The number of anilines is 1. The number of amides is 1. The Hall–Kier alpha value is -2.50. The topological polar surface area (TPSA) is 71.0 Å². The number of carbonyl (C=O) groups is 1. The second kappa shape index (κ2) is 7.38. The predicted octanol–water partition coefficient (Wildman–Crippen LogP) is 2.02. The number of hydrogen-bond acceptors (Lipinski definition) is 5. The second-order valence-electron chi connectivity index (χ2n) is 6.31. The van der Waals surface area contributed by atoms with Gasteiger partial charge >= 0.3 is 0 Å². The van der Waals surface area contributed by atoms with Gasteiger partial charge in [-0.1, -0.05) is 6.07 Å². The van der Waals surface area contributed by atoms with E-state index >= 15 is 0 Å². The first-order valence-electron chi connectivity index (χ1n) is 8.35. The maximum atomic E-state index is 12.5. The van der Waals surface area contributed by atoms with E-state index < -0.39 is 0 Å². The quantitative estimate of drug-likeness (QED) is 0.931. The fraction of sp³-hybridized carbons (Fsp3) is 0.444. The van der Waals surface area contributed by atoms with Gasteiger partial charge in [-0.2, -0.15) is 0 Å². The van der Waals surface area contributed by atoms with Crippen molar-refractivity contribution in [1.82, 2.24) is 20.3 Å². The molecule has 1 fully saturated rings. The number of hydrogen-bond donors (Lipinski definition) is 1. The smallest absolute Gasteiger partial charge is 0.225 e. The van der Waals surface area contributed by atoms with E-state index in [-0.39, 0.29) is 11.8 Å². The average molecular weight is 325 g/mol. The number of aryl methyl sites for hydroxylation is 2. The van der Waals surface area contributed by atoms with Crippen LogP contribution in [0.15, 0.2) is 30.6 Å². The molecule has 0 spiro atoms. The third-order valence-electron chi connectivity index (χ3n) is 4.24. The minimum Gasteiger partial charge on any atom is -0.352 e. The molecule has 0 saturated carbocycles. The number of rotatable bonds is 4. The standard InChI is InChI=1S/C18H23N5O/c1-13-9-14(2)22-18(21-13)23-8-4-6-16(12-23)17(24)20-11-15-5-3-7-19-10-15/h3,5,7,9-10,16H,4,6,8,11-12H2,1-2H3,(H,20,24). The Morgan fingerprint density at radius 1 is 1.33 bits per heavy atom. The second-order valence-corrected chi connectivity index (χ2v) is 6.31. The summed E-state index contributed by atoms with van der Waals surface area (Å²) in [5.41, 5.74) is 2.93. The molecule has 0 aromatic carbocycles. The number of aromatic nitrogens is 3. The van der Waals surface area contributed by atoms with E-state index in [0.717, 1.165) is 42.3 Å². The van der Waals surface area contributed by atoms with Crippen molar-refractivity contribution >= 4 is 11.9 Å². The van der Waals surface area contributed by atoms with Gasteiger partial charge in [-0.3, -0.25) is 9.78 Å². The maximum Gasteiger partial charge on any atom is 0.225 e. The lowest BCUT2D eigenvalue weighted by Gasteiger charge is -2.32. The van der Waals surface area contributed by atoms with Crippen LogP contribution in [0, 0.1) is 19.8 Å². The third-order valence-corrected chi connectivity index (χ3v) is 4.24. The van der Waals surface area contributed by atoms with Crippen molar-refractivity contribution in [3.8, 4) is 0 Å². The summed E-state index contributed by atoms with van der Waals surface area (Å²) in [7, 11) is 0. The summed E-state index contributed by atoms with van der Waals surface area (Å²) < 4.78 is 0. The van der Waals surface area contributed by atoms with Crippen LogP contribution in [0.1, 0.15) is 29.8 Å². The molecular formula is C18H23N5O.